The van der Waals surface area contributed by atoms with Crippen LogP contribution in [0, 0.1) is 0 Å². The Morgan fingerprint density at radius 2 is 0.736 bits per heavy atom. The van der Waals surface area contributed by atoms with Crippen molar-refractivity contribution in [2.45, 2.75) is 362 Å². The first-order chi connectivity index (χ1) is 44.3. The first-order valence-electron chi connectivity index (χ1n) is 36.0. The van der Waals surface area contributed by atoms with Crippen molar-refractivity contribution < 1.29 is 89.4 Å². The number of rotatable bonds is 55. The zero-order valence-electron chi connectivity index (χ0n) is 56.1. The lowest BCUT2D eigenvalue weighted by molar-refractivity contribution is -0.379. The number of amides is 1. The number of hydrogen-bond acceptors (Lipinski definition) is 18. The number of carbonyl (C=O) groups excluding carboxylic acids is 1. The minimum atomic E-state index is -1.98. The molecule has 0 aliphatic carbocycles. The van der Waals surface area contributed by atoms with E-state index in [0.717, 1.165) is 51.4 Å². The molecule has 0 aromatic rings. The molecule has 17 atom stereocenters. The molecule has 0 aromatic heterocycles. The summed E-state index contributed by atoms with van der Waals surface area (Å²) < 4.78 is 34.3. The van der Waals surface area contributed by atoms with Gasteiger partial charge >= 0.3 is 0 Å². The molecule has 3 saturated heterocycles. The van der Waals surface area contributed by atoms with Crippen LogP contribution >= 0.6 is 0 Å². The van der Waals surface area contributed by atoms with Gasteiger partial charge in [0.2, 0.25) is 5.91 Å². The van der Waals surface area contributed by atoms with Crippen molar-refractivity contribution in [3.63, 3.8) is 0 Å². The molecule has 0 radical (unpaired) electrons. The lowest BCUT2D eigenvalue weighted by Gasteiger charge is -2.48. The fourth-order valence-corrected chi connectivity index (χ4v) is 11.9. The van der Waals surface area contributed by atoms with Gasteiger partial charge in [0.25, 0.3) is 0 Å². The summed E-state index contributed by atoms with van der Waals surface area (Å²) in [7, 11) is 0. The molecule has 3 aliphatic rings. The molecule has 19 heteroatoms. The zero-order valence-corrected chi connectivity index (χ0v) is 56.1. The van der Waals surface area contributed by atoms with Crippen LogP contribution in [-0.4, -0.2) is 193 Å². The summed E-state index contributed by atoms with van der Waals surface area (Å²) in [6, 6.07) is -0.998. The molecule has 3 aliphatic heterocycles. The second-order valence-electron chi connectivity index (χ2n) is 25.7. The highest BCUT2D eigenvalue weighted by atomic mass is 16.8. The van der Waals surface area contributed by atoms with Crippen molar-refractivity contribution >= 4 is 5.91 Å². The van der Waals surface area contributed by atoms with Crippen LogP contribution in [0.25, 0.3) is 0 Å². The number of carbonyl (C=O) groups is 1. The van der Waals surface area contributed by atoms with Gasteiger partial charge in [0.1, 0.15) is 73.2 Å². The fraction of sp³-hybridized carbons (Fsp3) is 0.847. The van der Waals surface area contributed by atoms with Crippen molar-refractivity contribution in [1.29, 1.82) is 0 Å². The van der Waals surface area contributed by atoms with E-state index in [1.54, 1.807) is 6.08 Å². The van der Waals surface area contributed by atoms with Gasteiger partial charge in [-0.15, -0.1) is 0 Å². The Morgan fingerprint density at radius 1 is 0.396 bits per heavy atom. The monoisotopic (exact) mass is 1300 g/mol. The van der Waals surface area contributed by atoms with Crippen LogP contribution in [0.4, 0.5) is 0 Å². The van der Waals surface area contributed by atoms with Crippen molar-refractivity contribution in [3.05, 3.63) is 60.8 Å². The SMILES string of the molecule is CCCCCCC/C=C\C/C=C\CCCCCCCCCCCCCCCCCCCC(=O)NC(COC1OC(CO)C(OC2OC(CO)C(OC3OC(CO)C(O)C(O)C3O)C(O)C2O)C(O)C1O)C(O)/C=C/CC/C=C/CC/C=C/CCCCCCCCC. The van der Waals surface area contributed by atoms with Crippen LogP contribution in [-0.2, 0) is 33.2 Å². The molecule has 12 N–H and O–H groups in total. The normalized spacial score (nSPS) is 28.2. The average molecular weight is 1300 g/mol. The van der Waals surface area contributed by atoms with E-state index in [1.807, 2.05) is 6.08 Å². The molecule has 0 saturated carbocycles. The minimum Gasteiger partial charge on any atom is -0.394 e. The van der Waals surface area contributed by atoms with Gasteiger partial charge in [0.15, 0.2) is 18.9 Å². The third-order valence-electron chi connectivity index (χ3n) is 17.8. The first kappa shape index (κ1) is 82.7. The van der Waals surface area contributed by atoms with E-state index < -0.39 is 124 Å². The highest BCUT2D eigenvalue weighted by Crippen LogP contribution is 2.33. The van der Waals surface area contributed by atoms with Gasteiger partial charge in [-0.3, -0.25) is 4.79 Å². The highest BCUT2D eigenvalue weighted by molar-refractivity contribution is 5.76. The van der Waals surface area contributed by atoms with Crippen LogP contribution in [0.2, 0.25) is 0 Å². The van der Waals surface area contributed by atoms with Gasteiger partial charge in [-0.25, -0.2) is 0 Å². The minimum absolute atomic E-state index is 0.232. The molecule has 17 unspecified atom stereocenters. The number of unbranched alkanes of at least 4 members (excludes halogenated alkanes) is 31. The number of hydrogen-bond donors (Lipinski definition) is 12. The van der Waals surface area contributed by atoms with Crippen molar-refractivity contribution in [2.75, 3.05) is 26.4 Å². The Labute approximate surface area is 547 Å². The maximum Gasteiger partial charge on any atom is 0.220 e. The summed E-state index contributed by atoms with van der Waals surface area (Å²) in [6.45, 7) is 1.70. The molecule has 0 spiro atoms. The molecule has 1 amide bonds. The third-order valence-corrected chi connectivity index (χ3v) is 17.8. The number of allylic oxidation sites excluding steroid dienone is 9. The smallest absolute Gasteiger partial charge is 0.220 e. The molecule has 3 fully saturated rings. The van der Waals surface area contributed by atoms with Crippen LogP contribution in [0.1, 0.15) is 258 Å². The van der Waals surface area contributed by atoms with E-state index in [-0.39, 0.29) is 18.9 Å². The topological polar surface area (TPSA) is 307 Å². The van der Waals surface area contributed by atoms with Crippen molar-refractivity contribution in [2.24, 2.45) is 0 Å². The van der Waals surface area contributed by atoms with Gasteiger partial charge in [-0.1, -0.05) is 235 Å². The first-order valence-corrected chi connectivity index (χ1v) is 36.0. The molecule has 19 nitrogen and oxygen atoms in total. The summed E-state index contributed by atoms with van der Waals surface area (Å²) in [6.07, 6.45) is 39.2. The Kier molecular flexibility index (Phi) is 48.7. The average Bonchev–Trinajstić information content (AvgIpc) is 0.884. The standard InChI is InChI=1S/C72H129NO18/c1-3-5-7-9-11-13-15-17-19-21-22-23-24-25-26-27-28-29-30-31-32-34-36-38-40-42-44-46-48-50-60(78)73-55(56(77)49-47-45-43-41-39-37-35-33-20-18-16-14-12-10-8-6-4-2)54-86-70-66(84)63(81)68(58(52-75)88-70)91-72-67(85)64(82)69(59(53-76)89-72)90-71-65(83)62(80)61(79)57(51-74)87-71/h15,17,20-22,33,39,41,47,49,55-59,61-72,74-77,79-85H,3-14,16,18-19,23-32,34-38,40,42-46,48,50-54H2,1-2H3,(H,73,78)/b17-15-,22-21-,33-20+,41-39+,49-47+. The summed E-state index contributed by atoms with van der Waals surface area (Å²) in [5.74, 6) is -0.289. The van der Waals surface area contributed by atoms with Gasteiger partial charge in [0.05, 0.1) is 38.6 Å². The maximum atomic E-state index is 13.4. The lowest BCUT2D eigenvalue weighted by atomic mass is 9.96. The second-order valence-corrected chi connectivity index (χ2v) is 25.7. The summed E-state index contributed by atoms with van der Waals surface area (Å²) in [5.41, 5.74) is 0. The van der Waals surface area contributed by atoms with E-state index in [2.05, 4.69) is 67.8 Å². The fourth-order valence-electron chi connectivity index (χ4n) is 11.9. The summed E-state index contributed by atoms with van der Waals surface area (Å²) in [4.78, 5) is 13.4. The second kappa shape index (κ2) is 53.6. The van der Waals surface area contributed by atoms with Crippen molar-refractivity contribution in [3.8, 4) is 0 Å². The van der Waals surface area contributed by atoms with E-state index in [9.17, 15) is 61.0 Å². The largest absolute Gasteiger partial charge is 0.394 e. The van der Waals surface area contributed by atoms with Crippen LogP contribution in [0.15, 0.2) is 60.8 Å². The number of nitrogens with one attached hydrogen (secondary N) is 1. The summed E-state index contributed by atoms with van der Waals surface area (Å²) in [5, 5.41) is 120. The molecule has 0 bridgehead atoms. The summed E-state index contributed by atoms with van der Waals surface area (Å²) >= 11 is 0. The molecule has 91 heavy (non-hydrogen) atoms. The van der Waals surface area contributed by atoms with Gasteiger partial charge in [-0.2, -0.15) is 0 Å². The molecule has 530 valence electrons. The van der Waals surface area contributed by atoms with Gasteiger partial charge < -0.3 is 89.9 Å². The quantitative estimate of drug-likeness (QED) is 0.0199. The van der Waals surface area contributed by atoms with Crippen LogP contribution in [0.5, 0.6) is 0 Å². The third kappa shape index (κ3) is 35.4. The Balaban J connectivity index is 1.41. The predicted octanol–water partition coefficient (Wildman–Crippen LogP) is 9.94. The molecule has 0 aromatic carbocycles. The lowest BCUT2D eigenvalue weighted by Crippen LogP contribution is -2.66. The van der Waals surface area contributed by atoms with Crippen LogP contribution < -0.4 is 5.32 Å². The zero-order chi connectivity index (χ0) is 66.1. The molecular weight excluding hydrogens is 1170 g/mol. The predicted molar refractivity (Wildman–Crippen MR) is 355 cm³/mol. The number of aliphatic hydroxyl groups excluding tert-OH is 11. The Bertz CT molecular complexity index is 1890. The Hall–Kier alpha value is -2.51. The highest BCUT2D eigenvalue weighted by Gasteiger charge is 2.53. The van der Waals surface area contributed by atoms with E-state index >= 15 is 0 Å². The van der Waals surface area contributed by atoms with Crippen molar-refractivity contribution in [1.82, 2.24) is 5.32 Å². The Morgan fingerprint density at radius 3 is 1.16 bits per heavy atom. The van der Waals surface area contributed by atoms with E-state index in [0.29, 0.717) is 12.8 Å². The maximum absolute atomic E-state index is 13.4. The number of aliphatic hydroxyl groups is 11. The van der Waals surface area contributed by atoms with E-state index in [1.165, 1.54) is 173 Å². The number of ether oxygens (including phenoxy) is 6. The van der Waals surface area contributed by atoms with Crippen LogP contribution in [0.3, 0.4) is 0 Å². The van der Waals surface area contributed by atoms with E-state index in [4.69, 9.17) is 28.4 Å². The molecule has 3 heterocycles. The molecular formula is C72H129NO18. The van der Waals surface area contributed by atoms with Gasteiger partial charge in [0, 0.05) is 6.42 Å². The molecule has 3 rings (SSSR count). The van der Waals surface area contributed by atoms with Gasteiger partial charge in [-0.05, 0) is 77.0 Å².